The van der Waals surface area contributed by atoms with Gasteiger partial charge in [-0.05, 0) is 31.4 Å². The third-order valence-electron chi connectivity index (χ3n) is 3.03. The van der Waals surface area contributed by atoms with Crippen LogP contribution in [-0.4, -0.2) is 11.0 Å². The average molecular weight is 190 g/mol. The highest BCUT2D eigenvalue weighted by Crippen LogP contribution is 2.21. The van der Waals surface area contributed by atoms with Crippen molar-refractivity contribution < 1.29 is 0 Å². The van der Waals surface area contributed by atoms with Gasteiger partial charge >= 0.3 is 0 Å². The number of nitrogens with one attached hydrogen (secondary N) is 1. The van der Waals surface area contributed by atoms with Crippen molar-refractivity contribution in [1.29, 1.82) is 0 Å². The van der Waals surface area contributed by atoms with Crippen molar-refractivity contribution in [2.75, 3.05) is 0 Å². The maximum Gasteiger partial charge on any atom is 0.0315 e. The Labute approximate surface area is 85.7 Å². The Kier molecular flexibility index (Phi) is 3.14. The lowest BCUT2D eigenvalue weighted by Crippen LogP contribution is -2.28. The van der Waals surface area contributed by atoms with Gasteiger partial charge in [0, 0.05) is 24.5 Å². The first-order valence-corrected chi connectivity index (χ1v) is 5.52. The molecular weight excluding hydrogens is 172 g/mol. The molecule has 1 N–H and O–H groups in total. The molecule has 14 heavy (non-hydrogen) atoms. The molecule has 2 nitrogen and oxygen atoms in total. The standard InChI is InChI=1S/C12H18N2/c1-10(11-5-4-8-13-9-11)14-12-6-2-3-7-12/h4-5,8-10,12,14H,2-3,6-7H2,1H3/t10-/m1/s1. The largest absolute Gasteiger partial charge is 0.307 e. The number of hydrogen-bond acceptors (Lipinski definition) is 2. The van der Waals surface area contributed by atoms with Crippen LogP contribution in [-0.2, 0) is 0 Å². The van der Waals surface area contributed by atoms with Crippen LogP contribution in [0.4, 0.5) is 0 Å². The lowest BCUT2D eigenvalue weighted by atomic mass is 10.1. The van der Waals surface area contributed by atoms with E-state index in [9.17, 15) is 0 Å². The maximum absolute atomic E-state index is 4.14. The Morgan fingerprint density at radius 1 is 1.43 bits per heavy atom. The van der Waals surface area contributed by atoms with E-state index in [0.717, 1.165) is 6.04 Å². The first-order valence-electron chi connectivity index (χ1n) is 5.52. The number of hydrogen-bond donors (Lipinski definition) is 1. The molecule has 1 heterocycles. The van der Waals surface area contributed by atoms with Crippen LogP contribution < -0.4 is 5.32 Å². The van der Waals surface area contributed by atoms with E-state index < -0.39 is 0 Å². The van der Waals surface area contributed by atoms with E-state index in [1.165, 1.54) is 31.2 Å². The molecule has 1 saturated carbocycles. The lowest BCUT2D eigenvalue weighted by molar-refractivity contribution is 0.460. The summed E-state index contributed by atoms with van der Waals surface area (Å²) in [7, 11) is 0. The summed E-state index contributed by atoms with van der Waals surface area (Å²) in [6.45, 7) is 2.22. The molecule has 0 saturated heterocycles. The van der Waals surface area contributed by atoms with Crippen LogP contribution in [0.15, 0.2) is 24.5 Å². The van der Waals surface area contributed by atoms with Gasteiger partial charge in [-0.1, -0.05) is 18.9 Å². The quantitative estimate of drug-likeness (QED) is 0.792. The third kappa shape index (κ3) is 2.32. The molecule has 1 aromatic rings. The van der Waals surface area contributed by atoms with Crippen LogP contribution >= 0.6 is 0 Å². The van der Waals surface area contributed by atoms with Gasteiger partial charge in [0.05, 0.1) is 0 Å². The average Bonchev–Trinajstić information content (AvgIpc) is 2.72. The highest BCUT2D eigenvalue weighted by atomic mass is 14.9. The summed E-state index contributed by atoms with van der Waals surface area (Å²) in [6, 6.07) is 5.30. The van der Waals surface area contributed by atoms with Crippen LogP contribution in [0.25, 0.3) is 0 Å². The fourth-order valence-electron chi connectivity index (χ4n) is 2.17. The first kappa shape index (κ1) is 9.66. The normalized spacial score (nSPS) is 19.8. The smallest absolute Gasteiger partial charge is 0.0315 e. The van der Waals surface area contributed by atoms with Crippen molar-refractivity contribution in [3.05, 3.63) is 30.1 Å². The molecule has 0 aromatic carbocycles. The van der Waals surface area contributed by atoms with E-state index in [1.54, 1.807) is 0 Å². The van der Waals surface area contributed by atoms with Crippen molar-refractivity contribution >= 4 is 0 Å². The van der Waals surface area contributed by atoms with E-state index in [-0.39, 0.29) is 0 Å². The second kappa shape index (κ2) is 4.56. The van der Waals surface area contributed by atoms with Gasteiger partial charge in [-0.15, -0.1) is 0 Å². The summed E-state index contributed by atoms with van der Waals surface area (Å²) in [6.07, 6.45) is 9.22. The molecule has 0 radical (unpaired) electrons. The molecule has 1 aromatic heterocycles. The Hall–Kier alpha value is -0.890. The third-order valence-corrected chi connectivity index (χ3v) is 3.03. The topological polar surface area (TPSA) is 24.9 Å². The van der Waals surface area contributed by atoms with Crippen molar-refractivity contribution in [1.82, 2.24) is 10.3 Å². The summed E-state index contributed by atoms with van der Waals surface area (Å²) >= 11 is 0. The van der Waals surface area contributed by atoms with Gasteiger partial charge in [-0.25, -0.2) is 0 Å². The van der Waals surface area contributed by atoms with Crippen LogP contribution in [0.3, 0.4) is 0 Å². The van der Waals surface area contributed by atoms with Crippen LogP contribution in [0.2, 0.25) is 0 Å². The minimum Gasteiger partial charge on any atom is -0.307 e. The molecule has 1 fully saturated rings. The van der Waals surface area contributed by atoms with E-state index in [0.29, 0.717) is 6.04 Å². The molecule has 76 valence electrons. The fraction of sp³-hybridized carbons (Fsp3) is 0.583. The summed E-state index contributed by atoms with van der Waals surface area (Å²) in [5, 5.41) is 3.66. The van der Waals surface area contributed by atoms with Gasteiger partial charge < -0.3 is 5.32 Å². The zero-order valence-corrected chi connectivity index (χ0v) is 8.74. The second-order valence-corrected chi connectivity index (χ2v) is 4.16. The van der Waals surface area contributed by atoms with Crippen molar-refractivity contribution in [3.63, 3.8) is 0 Å². The fourth-order valence-corrected chi connectivity index (χ4v) is 2.17. The van der Waals surface area contributed by atoms with E-state index in [4.69, 9.17) is 0 Å². The van der Waals surface area contributed by atoms with Crippen LogP contribution in [0.1, 0.15) is 44.2 Å². The molecule has 0 amide bonds. The molecule has 0 unspecified atom stereocenters. The molecule has 0 bridgehead atoms. The molecule has 2 rings (SSSR count). The van der Waals surface area contributed by atoms with Gasteiger partial charge in [0.2, 0.25) is 0 Å². The Morgan fingerprint density at radius 2 is 2.21 bits per heavy atom. The number of aromatic nitrogens is 1. The van der Waals surface area contributed by atoms with Crippen molar-refractivity contribution in [2.45, 2.75) is 44.7 Å². The molecular formula is C12H18N2. The molecule has 1 aliphatic carbocycles. The predicted octanol–water partition coefficient (Wildman–Crippen LogP) is 2.67. The highest BCUT2D eigenvalue weighted by Gasteiger charge is 2.17. The minimum absolute atomic E-state index is 0.437. The lowest BCUT2D eigenvalue weighted by Gasteiger charge is -2.18. The zero-order chi connectivity index (χ0) is 9.80. The van der Waals surface area contributed by atoms with Crippen LogP contribution in [0, 0.1) is 0 Å². The van der Waals surface area contributed by atoms with E-state index in [1.807, 2.05) is 18.5 Å². The summed E-state index contributed by atoms with van der Waals surface area (Å²) in [4.78, 5) is 4.14. The summed E-state index contributed by atoms with van der Waals surface area (Å²) in [5.41, 5.74) is 1.29. The number of nitrogens with zero attached hydrogens (tertiary/aromatic N) is 1. The van der Waals surface area contributed by atoms with Crippen LogP contribution in [0.5, 0.6) is 0 Å². The Morgan fingerprint density at radius 3 is 2.86 bits per heavy atom. The number of rotatable bonds is 3. The van der Waals surface area contributed by atoms with Gasteiger partial charge in [-0.2, -0.15) is 0 Å². The Bertz CT molecular complexity index is 265. The molecule has 0 aliphatic heterocycles. The van der Waals surface area contributed by atoms with Gasteiger partial charge in [0.15, 0.2) is 0 Å². The molecule has 1 aliphatic rings. The zero-order valence-electron chi connectivity index (χ0n) is 8.74. The summed E-state index contributed by atoms with van der Waals surface area (Å²) < 4.78 is 0. The van der Waals surface area contributed by atoms with Gasteiger partial charge in [0.25, 0.3) is 0 Å². The highest BCUT2D eigenvalue weighted by molar-refractivity contribution is 5.13. The van der Waals surface area contributed by atoms with Gasteiger partial charge in [0.1, 0.15) is 0 Å². The van der Waals surface area contributed by atoms with Gasteiger partial charge in [-0.3, -0.25) is 4.98 Å². The van der Waals surface area contributed by atoms with Crippen molar-refractivity contribution in [2.24, 2.45) is 0 Å². The molecule has 2 heteroatoms. The minimum atomic E-state index is 0.437. The molecule has 1 atom stereocenters. The summed E-state index contributed by atoms with van der Waals surface area (Å²) in [5.74, 6) is 0. The first-order chi connectivity index (χ1) is 6.86. The Balaban J connectivity index is 1.92. The molecule has 0 spiro atoms. The maximum atomic E-state index is 4.14. The van der Waals surface area contributed by atoms with E-state index in [2.05, 4.69) is 23.3 Å². The van der Waals surface area contributed by atoms with E-state index >= 15 is 0 Å². The predicted molar refractivity (Wildman–Crippen MR) is 58.0 cm³/mol. The number of pyridine rings is 1. The van der Waals surface area contributed by atoms with Crippen molar-refractivity contribution in [3.8, 4) is 0 Å². The monoisotopic (exact) mass is 190 g/mol. The SMILES string of the molecule is C[C@@H](NC1CCCC1)c1cccnc1. The second-order valence-electron chi connectivity index (χ2n) is 4.16.